The number of nitrogens with zero attached hydrogens (tertiary/aromatic N) is 5. The topological polar surface area (TPSA) is 63.5 Å². The first-order valence-electron chi connectivity index (χ1n) is 9.17. The lowest BCUT2D eigenvalue weighted by Gasteiger charge is -2.47. The molecule has 0 radical (unpaired) electrons. The molecule has 2 aliphatic heterocycles. The van der Waals surface area contributed by atoms with Gasteiger partial charge in [-0.2, -0.15) is 0 Å². The Bertz CT molecular complexity index is 752. The number of carbonyl (C=O) groups is 1. The third-order valence-electron chi connectivity index (χ3n) is 5.50. The maximum Gasteiger partial charge on any atom is 0.255 e. The van der Waals surface area contributed by atoms with Gasteiger partial charge in [0, 0.05) is 51.5 Å². The van der Waals surface area contributed by atoms with Crippen molar-refractivity contribution in [2.24, 2.45) is 7.05 Å². The summed E-state index contributed by atoms with van der Waals surface area (Å²) in [6.45, 7) is 4.69. The fourth-order valence-corrected chi connectivity index (χ4v) is 3.86. The Kier molecular flexibility index (Phi) is 4.74. The maximum atomic E-state index is 12.7. The highest BCUT2D eigenvalue weighted by molar-refractivity contribution is 5.94. The molecule has 7 heteroatoms. The van der Waals surface area contributed by atoms with E-state index in [2.05, 4.69) is 19.4 Å². The summed E-state index contributed by atoms with van der Waals surface area (Å²) in [5.41, 5.74) is 0.436. The zero-order valence-electron chi connectivity index (χ0n) is 15.2. The zero-order chi connectivity index (χ0) is 18.0. The van der Waals surface area contributed by atoms with Crippen LogP contribution in [0, 0.1) is 0 Å². The summed E-state index contributed by atoms with van der Waals surface area (Å²) >= 11 is 0. The number of aryl methyl sites for hydroxylation is 1. The van der Waals surface area contributed by atoms with Gasteiger partial charge in [0.15, 0.2) is 0 Å². The van der Waals surface area contributed by atoms with Crippen LogP contribution >= 0.6 is 0 Å². The SMILES string of the molecule is Cn1ccnc1CN1CCC2(CC1)CN(C(=O)c1cccnc1)CCO2. The van der Waals surface area contributed by atoms with Crippen LogP contribution in [-0.4, -0.2) is 68.6 Å². The number of piperidine rings is 1. The van der Waals surface area contributed by atoms with Crippen molar-refractivity contribution in [1.82, 2.24) is 24.3 Å². The minimum Gasteiger partial charge on any atom is -0.371 e. The molecule has 1 spiro atoms. The molecule has 138 valence electrons. The quantitative estimate of drug-likeness (QED) is 0.831. The molecule has 2 aliphatic rings. The average molecular weight is 355 g/mol. The van der Waals surface area contributed by atoms with Crippen molar-refractivity contribution < 1.29 is 9.53 Å². The van der Waals surface area contributed by atoms with Gasteiger partial charge in [0.2, 0.25) is 0 Å². The van der Waals surface area contributed by atoms with Crippen molar-refractivity contribution in [3.8, 4) is 0 Å². The van der Waals surface area contributed by atoms with Gasteiger partial charge in [-0.05, 0) is 25.0 Å². The summed E-state index contributed by atoms with van der Waals surface area (Å²) in [6.07, 6.45) is 9.03. The number of imidazole rings is 1. The van der Waals surface area contributed by atoms with Crippen LogP contribution in [0.4, 0.5) is 0 Å². The predicted molar refractivity (Wildman–Crippen MR) is 96.5 cm³/mol. The Morgan fingerprint density at radius 2 is 2.12 bits per heavy atom. The molecule has 0 atom stereocenters. The molecule has 7 nitrogen and oxygen atoms in total. The van der Waals surface area contributed by atoms with Crippen molar-refractivity contribution in [2.75, 3.05) is 32.8 Å². The number of morpholine rings is 1. The highest BCUT2D eigenvalue weighted by atomic mass is 16.5. The molecule has 0 N–H and O–H groups in total. The molecule has 0 aliphatic carbocycles. The smallest absolute Gasteiger partial charge is 0.255 e. The Morgan fingerprint density at radius 3 is 2.81 bits per heavy atom. The molecule has 4 heterocycles. The maximum absolute atomic E-state index is 12.7. The average Bonchev–Trinajstić information content (AvgIpc) is 3.09. The van der Waals surface area contributed by atoms with Gasteiger partial charge in [-0.3, -0.25) is 14.7 Å². The van der Waals surface area contributed by atoms with Crippen LogP contribution in [-0.2, 0) is 18.3 Å². The van der Waals surface area contributed by atoms with Gasteiger partial charge in [0.25, 0.3) is 5.91 Å². The highest BCUT2D eigenvalue weighted by Crippen LogP contribution is 2.31. The molecule has 26 heavy (non-hydrogen) atoms. The van der Waals surface area contributed by atoms with E-state index in [1.165, 1.54) is 0 Å². The third kappa shape index (κ3) is 3.50. The molecule has 4 rings (SSSR count). The van der Waals surface area contributed by atoms with E-state index in [4.69, 9.17) is 4.74 Å². The Hall–Kier alpha value is -2.25. The molecule has 0 aromatic carbocycles. The predicted octanol–water partition coefficient (Wildman–Crippen LogP) is 1.32. The summed E-state index contributed by atoms with van der Waals surface area (Å²) in [5, 5.41) is 0. The number of rotatable bonds is 3. The largest absolute Gasteiger partial charge is 0.371 e. The van der Waals surface area contributed by atoms with E-state index in [1.54, 1.807) is 18.5 Å². The van der Waals surface area contributed by atoms with Crippen molar-refractivity contribution in [1.29, 1.82) is 0 Å². The molecule has 2 aromatic rings. The number of amides is 1. The number of ether oxygens (including phenoxy) is 1. The normalized spacial score (nSPS) is 20.4. The van der Waals surface area contributed by atoms with Gasteiger partial charge in [-0.25, -0.2) is 4.98 Å². The summed E-state index contributed by atoms with van der Waals surface area (Å²) in [6, 6.07) is 3.63. The van der Waals surface area contributed by atoms with E-state index in [1.807, 2.05) is 30.4 Å². The van der Waals surface area contributed by atoms with Gasteiger partial charge in [-0.15, -0.1) is 0 Å². The summed E-state index contributed by atoms with van der Waals surface area (Å²) < 4.78 is 8.24. The highest BCUT2D eigenvalue weighted by Gasteiger charge is 2.41. The van der Waals surface area contributed by atoms with Crippen LogP contribution in [0.1, 0.15) is 29.0 Å². The van der Waals surface area contributed by atoms with Gasteiger partial charge in [0.05, 0.1) is 30.9 Å². The Labute approximate surface area is 153 Å². The van der Waals surface area contributed by atoms with Crippen LogP contribution < -0.4 is 0 Å². The van der Waals surface area contributed by atoms with Crippen molar-refractivity contribution >= 4 is 5.91 Å². The third-order valence-corrected chi connectivity index (χ3v) is 5.50. The molecular weight excluding hydrogens is 330 g/mol. The fraction of sp³-hybridized carbons (Fsp3) is 0.526. The molecule has 2 fully saturated rings. The minimum absolute atomic E-state index is 0.0521. The molecular formula is C19H25N5O2. The number of aromatic nitrogens is 3. The zero-order valence-corrected chi connectivity index (χ0v) is 15.2. The van der Waals surface area contributed by atoms with Crippen molar-refractivity contribution in [3.05, 3.63) is 48.3 Å². The van der Waals surface area contributed by atoms with Crippen molar-refractivity contribution in [3.63, 3.8) is 0 Å². The van der Waals surface area contributed by atoms with E-state index in [0.717, 1.165) is 38.3 Å². The van der Waals surface area contributed by atoms with Crippen LogP contribution in [0.15, 0.2) is 36.9 Å². The lowest BCUT2D eigenvalue weighted by molar-refractivity contribution is -0.128. The number of carbonyl (C=O) groups excluding carboxylic acids is 1. The van der Waals surface area contributed by atoms with Gasteiger partial charge < -0.3 is 14.2 Å². The molecule has 0 saturated carbocycles. The van der Waals surface area contributed by atoms with E-state index in [9.17, 15) is 4.79 Å². The Balaban J connectivity index is 1.37. The second-order valence-electron chi connectivity index (χ2n) is 7.23. The number of hydrogen-bond acceptors (Lipinski definition) is 5. The fourth-order valence-electron chi connectivity index (χ4n) is 3.86. The summed E-state index contributed by atoms with van der Waals surface area (Å²) in [4.78, 5) is 25.6. The van der Waals surface area contributed by atoms with Crippen LogP contribution in [0.3, 0.4) is 0 Å². The standard InChI is InChI=1S/C19H25N5O2/c1-22-10-7-21-17(22)14-23-8-4-19(5-9-23)15-24(11-12-26-19)18(25)16-3-2-6-20-13-16/h2-3,6-7,10,13H,4-5,8-9,11-12,14-15H2,1H3. The molecule has 0 unspecified atom stereocenters. The first-order chi connectivity index (χ1) is 12.7. The lowest BCUT2D eigenvalue weighted by Crippen LogP contribution is -2.58. The first-order valence-corrected chi connectivity index (χ1v) is 9.17. The first kappa shape index (κ1) is 17.2. The number of pyridine rings is 1. The van der Waals surface area contributed by atoms with E-state index >= 15 is 0 Å². The molecule has 2 aromatic heterocycles. The van der Waals surface area contributed by atoms with Gasteiger partial charge >= 0.3 is 0 Å². The summed E-state index contributed by atoms with van der Waals surface area (Å²) in [5.74, 6) is 1.13. The van der Waals surface area contributed by atoms with Gasteiger partial charge in [0.1, 0.15) is 5.82 Å². The second-order valence-corrected chi connectivity index (χ2v) is 7.23. The van der Waals surface area contributed by atoms with Gasteiger partial charge in [-0.1, -0.05) is 0 Å². The summed E-state index contributed by atoms with van der Waals surface area (Å²) in [7, 11) is 2.03. The van der Waals surface area contributed by atoms with Crippen LogP contribution in [0.5, 0.6) is 0 Å². The van der Waals surface area contributed by atoms with E-state index in [-0.39, 0.29) is 11.5 Å². The second kappa shape index (κ2) is 7.17. The van der Waals surface area contributed by atoms with E-state index < -0.39 is 0 Å². The van der Waals surface area contributed by atoms with Crippen LogP contribution in [0.25, 0.3) is 0 Å². The number of hydrogen-bond donors (Lipinski definition) is 0. The lowest BCUT2D eigenvalue weighted by atomic mass is 9.89. The monoisotopic (exact) mass is 355 g/mol. The Morgan fingerprint density at radius 1 is 1.27 bits per heavy atom. The number of likely N-dealkylation sites (tertiary alicyclic amines) is 1. The van der Waals surface area contributed by atoms with Crippen LogP contribution in [0.2, 0.25) is 0 Å². The minimum atomic E-state index is -0.214. The van der Waals surface area contributed by atoms with E-state index in [0.29, 0.717) is 25.3 Å². The molecule has 2 saturated heterocycles. The van der Waals surface area contributed by atoms with Crippen molar-refractivity contribution in [2.45, 2.75) is 25.0 Å². The molecule has 0 bridgehead atoms. The molecule has 1 amide bonds.